The van der Waals surface area contributed by atoms with Gasteiger partial charge in [0.1, 0.15) is 5.69 Å². The average Bonchev–Trinajstić information content (AvgIpc) is 3.42. The highest BCUT2D eigenvalue weighted by molar-refractivity contribution is 7.13. The minimum Gasteiger partial charge on any atom is -1.00 e. The van der Waals surface area contributed by atoms with Crippen LogP contribution >= 0.6 is 11.3 Å². The molecule has 2 aromatic heterocycles. The lowest BCUT2D eigenvalue weighted by Gasteiger charge is -2.26. The fourth-order valence-electron chi connectivity index (χ4n) is 3.27. The van der Waals surface area contributed by atoms with Gasteiger partial charge in [0.2, 0.25) is 0 Å². The van der Waals surface area contributed by atoms with Gasteiger partial charge in [0.25, 0.3) is 5.91 Å². The Hall–Kier alpha value is -2.19. The van der Waals surface area contributed by atoms with Crippen molar-refractivity contribution in [1.82, 2.24) is 20.0 Å². The first-order valence-electron chi connectivity index (χ1n) is 9.58. The van der Waals surface area contributed by atoms with Crippen LogP contribution in [-0.2, 0) is 4.74 Å². The van der Waals surface area contributed by atoms with Crippen LogP contribution in [0.2, 0.25) is 0 Å². The number of ether oxygens (including phenoxy) is 1. The van der Waals surface area contributed by atoms with Crippen LogP contribution < -0.4 is 17.7 Å². The van der Waals surface area contributed by atoms with Gasteiger partial charge in [-0.05, 0) is 36.5 Å². The van der Waals surface area contributed by atoms with Crippen LogP contribution in [0.5, 0.6) is 0 Å². The van der Waals surface area contributed by atoms with Crippen molar-refractivity contribution in [1.29, 1.82) is 0 Å². The van der Waals surface area contributed by atoms with E-state index in [4.69, 9.17) is 4.74 Å². The van der Waals surface area contributed by atoms with Crippen molar-refractivity contribution in [3.63, 3.8) is 0 Å². The highest BCUT2D eigenvalue weighted by Gasteiger charge is 2.19. The molecular weight excluding hydrogens is 408 g/mol. The molecule has 1 aromatic carbocycles. The van der Waals surface area contributed by atoms with Crippen molar-refractivity contribution < 1.29 is 21.9 Å². The number of carbonyl (C=O) groups is 1. The van der Waals surface area contributed by atoms with Gasteiger partial charge in [-0.3, -0.25) is 9.69 Å². The van der Waals surface area contributed by atoms with E-state index in [1.165, 1.54) is 0 Å². The molecule has 0 spiro atoms. The molecular formula is C21H24ClN4O2S-. The Labute approximate surface area is 180 Å². The smallest absolute Gasteiger partial charge is 0.255 e. The third-order valence-electron chi connectivity index (χ3n) is 4.77. The average molecular weight is 432 g/mol. The highest BCUT2D eigenvalue weighted by Crippen LogP contribution is 2.27. The lowest BCUT2D eigenvalue weighted by Crippen LogP contribution is -3.00. The second-order valence-electron chi connectivity index (χ2n) is 6.71. The topological polar surface area (TPSA) is 59.4 Å². The molecule has 1 fully saturated rings. The molecule has 3 aromatic rings. The largest absolute Gasteiger partial charge is 1.00 e. The zero-order valence-corrected chi connectivity index (χ0v) is 17.7. The number of para-hydroxylation sites is 1. The number of morpholine rings is 1. The molecule has 6 nitrogen and oxygen atoms in total. The number of hydrogen-bond acceptors (Lipinski definition) is 5. The Morgan fingerprint density at radius 3 is 2.66 bits per heavy atom. The van der Waals surface area contributed by atoms with Gasteiger partial charge in [0, 0.05) is 25.8 Å². The monoisotopic (exact) mass is 431 g/mol. The third kappa shape index (κ3) is 5.45. The van der Waals surface area contributed by atoms with E-state index in [2.05, 4.69) is 15.3 Å². The van der Waals surface area contributed by atoms with Crippen molar-refractivity contribution in [3.8, 4) is 16.3 Å². The summed E-state index contributed by atoms with van der Waals surface area (Å²) in [5, 5.41) is 9.75. The first-order valence-corrected chi connectivity index (χ1v) is 10.5. The zero-order valence-electron chi connectivity index (χ0n) is 16.1. The lowest BCUT2D eigenvalue weighted by molar-refractivity contribution is -0.0000152. The molecule has 0 atom stereocenters. The van der Waals surface area contributed by atoms with Crippen molar-refractivity contribution in [2.45, 2.75) is 6.42 Å². The van der Waals surface area contributed by atoms with Crippen molar-refractivity contribution in [2.75, 3.05) is 39.4 Å². The summed E-state index contributed by atoms with van der Waals surface area (Å²) in [4.78, 5) is 16.2. The summed E-state index contributed by atoms with van der Waals surface area (Å²) >= 11 is 1.59. The number of rotatable bonds is 7. The summed E-state index contributed by atoms with van der Waals surface area (Å²) in [6, 6.07) is 13.8. The maximum absolute atomic E-state index is 12.9. The Kier molecular flexibility index (Phi) is 7.83. The molecule has 0 aliphatic carbocycles. The van der Waals surface area contributed by atoms with Gasteiger partial charge >= 0.3 is 0 Å². The van der Waals surface area contributed by atoms with E-state index in [1.54, 1.807) is 16.0 Å². The van der Waals surface area contributed by atoms with Crippen LogP contribution in [-0.4, -0.2) is 60.0 Å². The first kappa shape index (κ1) is 21.5. The number of aromatic nitrogens is 2. The molecule has 3 heterocycles. The molecule has 1 saturated heterocycles. The molecule has 0 bridgehead atoms. The number of nitrogens with zero attached hydrogens (tertiary/aromatic N) is 3. The van der Waals surface area contributed by atoms with Crippen LogP contribution in [0.15, 0.2) is 54.0 Å². The van der Waals surface area contributed by atoms with E-state index in [-0.39, 0.29) is 18.3 Å². The van der Waals surface area contributed by atoms with Gasteiger partial charge in [0.15, 0.2) is 0 Å². The van der Waals surface area contributed by atoms with Gasteiger partial charge in [-0.15, -0.1) is 11.3 Å². The van der Waals surface area contributed by atoms with E-state index in [0.717, 1.165) is 55.5 Å². The summed E-state index contributed by atoms with van der Waals surface area (Å²) < 4.78 is 7.15. The number of carbonyl (C=O) groups excluding carboxylic acids is 1. The molecule has 1 amide bonds. The van der Waals surface area contributed by atoms with Gasteiger partial charge < -0.3 is 22.5 Å². The molecule has 0 radical (unpaired) electrons. The van der Waals surface area contributed by atoms with Crippen LogP contribution in [0.4, 0.5) is 0 Å². The van der Waals surface area contributed by atoms with Gasteiger partial charge in [-0.25, -0.2) is 4.68 Å². The summed E-state index contributed by atoms with van der Waals surface area (Å²) in [6.07, 6.45) is 2.74. The predicted octanol–water partition coefficient (Wildman–Crippen LogP) is 0.0569. The number of thiophene rings is 1. The molecule has 0 unspecified atom stereocenters. The van der Waals surface area contributed by atoms with E-state index < -0.39 is 0 Å². The highest BCUT2D eigenvalue weighted by atomic mass is 35.5. The SMILES string of the molecule is O=C(NCCCN1CCOCC1)c1cn(-c2ccccc2)nc1-c1cccs1.[Cl-]. The molecule has 154 valence electrons. The summed E-state index contributed by atoms with van der Waals surface area (Å²) in [5.41, 5.74) is 2.27. The fraction of sp³-hybridized carbons (Fsp3) is 0.333. The third-order valence-corrected chi connectivity index (χ3v) is 5.65. The summed E-state index contributed by atoms with van der Waals surface area (Å²) in [6.45, 7) is 5.17. The Morgan fingerprint density at radius 2 is 1.93 bits per heavy atom. The maximum atomic E-state index is 12.9. The van der Waals surface area contributed by atoms with E-state index in [9.17, 15) is 4.79 Å². The van der Waals surface area contributed by atoms with Gasteiger partial charge in [0.05, 0.1) is 29.3 Å². The quantitative estimate of drug-likeness (QED) is 0.537. The van der Waals surface area contributed by atoms with Crippen molar-refractivity contribution in [3.05, 3.63) is 59.6 Å². The Balaban J connectivity index is 0.00000240. The minimum absolute atomic E-state index is 0. The lowest BCUT2D eigenvalue weighted by atomic mass is 10.2. The normalized spacial score (nSPS) is 14.3. The number of nitrogens with one attached hydrogen (secondary N) is 1. The molecule has 8 heteroatoms. The standard InChI is InChI=1S/C21H24N4O2S.ClH/c26-21(22-9-5-10-24-11-13-27-14-12-24)18-16-25(17-6-2-1-3-7-17)23-20(18)19-8-4-15-28-19;/h1-4,6-8,15-16H,5,9-14H2,(H,22,26);1H/p-1. The van der Waals surface area contributed by atoms with E-state index in [0.29, 0.717) is 12.1 Å². The Morgan fingerprint density at radius 1 is 1.14 bits per heavy atom. The number of halogens is 1. The molecule has 29 heavy (non-hydrogen) atoms. The predicted molar refractivity (Wildman–Crippen MR) is 111 cm³/mol. The summed E-state index contributed by atoms with van der Waals surface area (Å²) in [5.74, 6) is -0.0763. The van der Waals surface area contributed by atoms with Crippen LogP contribution in [0.1, 0.15) is 16.8 Å². The maximum Gasteiger partial charge on any atom is 0.255 e. The van der Waals surface area contributed by atoms with Crippen molar-refractivity contribution in [2.24, 2.45) is 0 Å². The van der Waals surface area contributed by atoms with Gasteiger partial charge in [-0.1, -0.05) is 24.3 Å². The molecule has 4 rings (SSSR count). The molecule has 1 aliphatic rings. The fourth-order valence-corrected chi connectivity index (χ4v) is 4.00. The van der Waals surface area contributed by atoms with E-state index in [1.807, 2.05) is 54.0 Å². The minimum atomic E-state index is -0.0763. The summed E-state index contributed by atoms with van der Waals surface area (Å²) in [7, 11) is 0. The number of benzene rings is 1. The van der Waals surface area contributed by atoms with Crippen LogP contribution in [0.25, 0.3) is 16.3 Å². The van der Waals surface area contributed by atoms with E-state index >= 15 is 0 Å². The number of amides is 1. The number of hydrogen-bond donors (Lipinski definition) is 1. The van der Waals surface area contributed by atoms with Crippen LogP contribution in [0.3, 0.4) is 0 Å². The zero-order chi connectivity index (χ0) is 19.2. The second-order valence-corrected chi connectivity index (χ2v) is 7.66. The van der Waals surface area contributed by atoms with Crippen molar-refractivity contribution >= 4 is 17.2 Å². The van der Waals surface area contributed by atoms with Crippen LogP contribution in [0, 0.1) is 0 Å². The Bertz CT molecular complexity index is 893. The molecule has 0 saturated carbocycles. The first-order chi connectivity index (χ1) is 13.8. The van der Waals surface area contributed by atoms with Gasteiger partial charge in [-0.2, -0.15) is 5.10 Å². The molecule has 1 aliphatic heterocycles. The molecule has 1 N–H and O–H groups in total. The second kappa shape index (κ2) is 10.5.